The minimum absolute atomic E-state index is 0.0586. The Morgan fingerprint density at radius 1 is 1.38 bits per heavy atom. The minimum Gasteiger partial charge on any atom is -0.496 e. The zero-order valence-electron chi connectivity index (χ0n) is 14.7. The van der Waals surface area contributed by atoms with E-state index in [1.165, 1.54) is 0 Å². The topological polar surface area (TPSA) is 66.8 Å². The van der Waals surface area contributed by atoms with Crippen molar-refractivity contribution in [3.8, 4) is 5.75 Å². The Morgan fingerprint density at radius 2 is 2.08 bits per heavy atom. The Hall–Kier alpha value is -2.04. The van der Waals surface area contributed by atoms with Gasteiger partial charge in [-0.05, 0) is 42.7 Å². The van der Waals surface area contributed by atoms with Crippen molar-refractivity contribution in [2.75, 3.05) is 13.7 Å². The summed E-state index contributed by atoms with van der Waals surface area (Å²) in [6, 6.07) is 7.11. The average molecular weight is 333 g/mol. The van der Waals surface area contributed by atoms with E-state index in [1.54, 1.807) is 12.0 Å². The van der Waals surface area contributed by atoms with Crippen LogP contribution < -0.4 is 4.74 Å². The third kappa shape index (κ3) is 4.49. The van der Waals surface area contributed by atoms with Gasteiger partial charge in [-0.2, -0.15) is 0 Å². The van der Waals surface area contributed by atoms with Crippen LogP contribution in [0.1, 0.15) is 38.7 Å². The second-order valence-electron chi connectivity index (χ2n) is 6.90. The number of likely N-dealkylation sites (tertiary alicyclic amines) is 1. The van der Waals surface area contributed by atoms with Crippen molar-refractivity contribution in [1.29, 1.82) is 0 Å². The number of hydrogen-bond donors (Lipinski definition) is 1. The molecule has 1 amide bonds. The molecule has 0 bridgehead atoms. The highest BCUT2D eigenvalue weighted by molar-refractivity contribution is 5.84. The molecule has 0 aliphatic carbocycles. The molecule has 1 N–H and O–H groups in total. The van der Waals surface area contributed by atoms with Gasteiger partial charge in [0, 0.05) is 13.0 Å². The third-order valence-electron chi connectivity index (χ3n) is 4.75. The van der Waals surface area contributed by atoms with E-state index in [0.717, 1.165) is 24.2 Å². The van der Waals surface area contributed by atoms with Crippen molar-refractivity contribution in [2.45, 2.75) is 45.6 Å². The van der Waals surface area contributed by atoms with Gasteiger partial charge >= 0.3 is 5.97 Å². The van der Waals surface area contributed by atoms with Crippen LogP contribution in [-0.4, -0.2) is 41.6 Å². The van der Waals surface area contributed by atoms with Crippen LogP contribution in [0.25, 0.3) is 0 Å². The van der Waals surface area contributed by atoms with Gasteiger partial charge in [0.1, 0.15) is 11.8 Å². The van der Waals surface area contributed by atoms with Crippen LogP contribution in [0.4, 0.5) is 0 Å². The highest BCUT2D eigenvalue weighted by Gasteiger charge is 2.34. The van der Waals surface area contributed by atoms with Crippen LogP contribution in [0.3, 0.4) is 0 Å². The van der Waals surface area contributed by atoms with Crippen molar-refractivity contribution >= 4 is 11.9 Å². The van der Waals surface area contributed by atoms with Crippen LogP contribution in [-0.2, 0) is 16.0 Å². The van der Waals surface area contributed by atoms with Crippen LogP contribution in [0, 0.1) is 11.8 Å². The number of carboxylic acids is 1. The number of amides is 1. The molecule has 1 fully saturated rings. The molecule has 0 radical (unpaired) electrons. The van der Waals surface area contributed by atoms with E-state index in [2.05, 4.69) is 0 Å². The number of para-hydroxylation sites is 1. The fourth-order valence-corrected chi connectivity index (χ4v) is 3.41. The summed E-state index contributed by atoms with van der Waals surface area (Å²) in [6.07, 6.45) is 2.51. The lowest BCUT2D eigenvalue weighted by Gasteiger charge is -2.36. The number of benzene rings is 1. The Kier molecular flexibility index (Phi) is 6.23. The van der Waals surface area contributed by atoms with E-state index >= 15 is 0 Å². The van der Waals surface area contributed by atoms with E-state index in [-0.39, 0.29) is 11.8 Å². The molecule has 1 saturated heterocycles. The molecule has 24 heavy (non-hydrogen) atoms. The maximum absolute atomic E-state index is 12.6. The SMILES string of the molecule is COc1ccccc1CC(C)CC(=O)N1CCC(C)CC1C(=O)O. The number of hydrogen-bond acceptors (Lipinski definition) is 3. The van der Waals surface area contributed by atoms with Crippen molar-refractivity contribution in [3.63, 3.8) is 0 Å². The van der Waals surface area contributed by atoms with Gasteiger partial charge in [0.15, 0.2) is 0 Å². The number of methoxy groups -OCH3 is 1. The van der Waals surface area contributed by atoms with Crippen LogP contribution >= 0.6 is 0 Å². The minimum atomic E-state index is -0.896. The first-order chi connectivity index (χ1) is 11.4. The number of carbonyl (C=O) groups is 2. The molecule has 1 aliphatic rings. The molecule has 1 aliphatic heterocycles. The smallest absolute Gasteiger partial charge is 0.326 e. The van der Waals surface area contributed by atoms with Crippen molar-refractivity contribution in [3.05, 3.63) is 29.8 Å². The second-order valence-corrected chi connectivity index (χ2v) is 6.90. The molecule has 3 atom stereocenters. The van der Waals surface area contributed by atoms with Gasteiger partial charge in [0.05, 0.1) is 7.11 Å². The molecular formula is C19H27NO4. The standard InChI is InChI=1S/C19H27NO4/c1-13-8-9-20(16(11-13)19(22)23)18(21)12-14(2)10-15-6-4-5-7-17(15)24-3/h4-7,13-14,16H,8-12H2,1-3H3,(H,22,23). The average Bonchev–Trinajstić information content (AvgIpc) is 2.54. The molecule has 0 spiro atoms. The van der Waals surface area contributed by atoms with Gasteiger partial charge in [0.2, 0.25) is 5.91 Å². The summed E-state index contributed by atoms with van der Waals surface area (Å²) >= 11 is 0. The van der Waals surface area contributed by atoms with E-state index in [1.807, 2.05) is 38.1 Å². The Labute approximate surface area is 143 Å². The molecule has 2 rings (SSSR count). The summed E-state index contributed by atoms with van der Waals surface area (Å²) in [7, 11) is 1.64. The van der Waals surface area contributed by atoms with E-state index in [9.17, 15) is 14.7 Å². The first-order valence-corrected chi connectivity index (χ1v) is 8.56. The van der Waals surface area contributed by atoms with Crippen LogP contribution in [0.15, 0.2) is 24.3 Å². The lowest BCUT2D eigenvalue weighted by Crippen LogP contribution is -2.50. The van der Waals surface area contributed by atoms with Gasteiger partial charge in [-0.1, -0.05) is 32.0 Å². The Bertz CT molecular complexity index is 586. The number of carboxylic acid groups (broad SMARTS) is 1. The number of ether oxygens (including phenoxy) is 1. The molecule has 5 heteroatoms. The number of aliphatic carboxylic acids is 1. The fraction of sp³-hybridized carbons (Fsp3) is 0.579. The summed E-state index contributed by atoms with van der Waals surface area (Å²) in [5.74, 6) is 0.347. The molecule has 1 aromatic rings. The molecule has 0 aromatic heterocycles. The van der Waals surface area contributed by atoms with Crippen molar-refractivity contribution in [2.24, 2.45) is 11.8 Å². The van der Waals surface area contributed by atoms with Gasteiger partial charge in [0.25, 0.3) is 0 Å². The molecule has 1 heterocycles. The van der Waals surface area contributed by atoms with Gasteiger partial charge < -0.3 is 14.7 Å². The van der Waals surface area contributed by atoms with Crippen molar-refractivity contribution in [1.82, 2.24) is 4.90 Å². The van der Waals surface area contributed by atoms with Crippen LogP contribution in [0.2, 0.25) is 0 Å². The lowest BCUT2D eigenvalue weighted by molar-refractivity contribution is -0.153. The maximum Gasteiger partial charge on any atom is 0.326 e. The molecule has 0 saturated carbocycles. The summed E-state index contributed by atoms with van der Waals surface area (Å²) in [5, 5.41) is 9.40. The van der Waals surface area contributed by atoms with Gasteiger partial charge in [-0.25, -0.2) is 4.79 Å². The second kappa shape index (κ2) is 8.18. The zero-order valence-corrected chi connectivity index (χ0v) is 14.7. The summed E-state index contributed by atoms with van der Waals surface area (Å²) in [6.45, 7) is 4.60. The van der Waals surface area contributed by atoms with Gasteiger partial charge in [-0.3, -0.25) is 4.79 Å². The fourth-order valence-electron chi connectivity index (χ4n) is 3.41. The van der Waals surface area contributed by atoms with Gasteiger partial charge in [-0.15, -0.1) is 0 Å². The number of rotatable bonds is 6. The number of piperidine rings is 1. The number of nitrogens with zero attached hydrogens (tertiary/aromatic N) is 1. The first kappa shape index (κ1) is 18.3. The van der Waals surface area contributed by atoms with E-state index in [0.29, 0.717) is 25.3 Å². The molecule has 5 nitrogen and oxygen atoms in total. The first-order valence-electron chi connectivity index (χ1n) is 8.56. The molecule has 132 valence electrons. The quantitative estimate of drug-likeness (QED) is 0.869. The maximum atomic E-state index is 12.6. The van der Waals surface area contributed by atoms with Crippen molar-refractivity contribution < 1.29 is 19.4 Å². The predicted octanol–water partition coefficient (Wildman–Crippen LogP) is 2.98. The summed E-state index contributed by atoms with van der Waals surface area (Å²) in [5.41, 5.74) is 1.07. The normalized spacial score (nSPS) is 22.0. The highest BCUT2D eigenvalue weighted by atomic mass is 16.5. The molecule has 3 unspecified atom stereocenters. The largest absolute Gasteiger partial charge is 0.496 e. The third-order valence-corrected chi connectivity index (χ3v) is 4.75. The summed E-state index contributed by atoms with van der Waals surface area (Å²) in [4.78, 5) is 25.6. The molecular weight excluding hydrogens is 306 g/mol. The summed E-state index contributed by atoms with van der Waals surface area (Å²) < 4.78 is 5.35. The predicted molar refractivity (Wildman–Crippen MR) is 92.0 cm³/mol. The van der Waals surface area contributed by atoms with E-state index in [4.69, 9.17) is 4.74 Å². The van der Waals surface area contributed by atoms with E-state index < -0.39 is 12.0 Å². The zero-order chi connectivity index (χ0) is 17.7. The lowest BCUT2D eigenvalue weighted by atomic mass is 9.91. The Balaban J connectivity index is 1.99. The number of carbonyl (C=O) groups excluding carboxylic acids is 1. The van der Waals surface area contributed by atoms with Crippen LogP contribution in [0.5, 0.6) is 5.75 Å². The molecule has 1 aromatic carbocycles. The monoisotopic (exact) mass is 333 g/mol. The highest BCUT2D eigenvalue weighted by Crippen LogP contribution is 2.26. The Morgan fingerprint density at radius 3 is 2.75 bits per heavy atom.